The van der Waals surface area contributed by atoms with Gasteiger partial charge in [-0.1, -0.05) is 43.7 Å². The van der Waals surface area contributed by atoms with Crippen molar-refractivity contribution in [1.29, 1.82) is 0 Å². The van der Waals surface area contributed by atoms with Gasteiger partial charge in [-0.3, -0.25) is 4.79 Å². The van der Waals surface area contributed by atoms with E-state index in [4.69, 9.17) is 21.1 Å². The Hall–Kier alpha value is -3.04. The highest BCUT2D eigenvalue weighted by molar-refractivity contribution is 6.33. The standard InChI is InChI=1S/C27H33ClN6O3/c28-22-9-8-20(37-12-10-19-7-4-11-36-16-19)14-21(22)23-15-24(30-17-29-23)32-27(35)26-31-25(33-34-26)13-18-5-2-1-3-6-18/h8-9,14-15,17-19H,1-7,10-13,16H2,(H,31,33,34)(H,29,30,32,35). The number of anilines is 1. The molecule has 1 aliphatic carbocycles. The zero-order valence-electron chi connectivity index (χ0n) is 20.9. The third kappa shape index (κ3) is 7.05. The van der Waals surface area contributed by atoms with Crippen molar-refractivity contribution in [2.75, 3.05) is 25.1 Å². The van der Waals surface area contributed by atoms with Gasteiger partial charge in [-0.25, -0.2) is 9.97 Å². The maximum absolute atomic E-state index is 12.8. The number of rotatable bonds is 9. The molecule has 1 saturated carbocycles. The van der Waals surface area contributed by atoms with Crippen LogP contribution in [0.2, 0.25) is 5.02 Å². The molecular formula is C27H33ClN6O3. The third-order valence-electron chi connectivity index (χ3n) is 7.13. The quantitative estimate of drug-likeness (QED) is 0.380. The summed E-state index contributed by atoms with van der Waals surface area (Å²) in [4.78, 5) is 24.4. The van der Waals surface area contributed by atoms with Crippen molar-refractivity contribution < 1.29 is 14.3 Å². The molecule has 0 spiro atoms. The van der Waals surface area contributed by atoms with Crippen LogP contribution in [0.5, 0.6) is 5.75 Å². The molecule has 3 aromatic rings. The van der Waals surface area contributed by atoms with E-state index in [-0.39, 0.29) is 5.82 Å². The highest BCUT2D eigenvalue weighted by Gasteiger charge is 2.19. The minimum Gasteiger partial charge on any atom is -0.494 e. The average Bonchev–Trinajstić information content (AvgIpc) is 3.40. The Balaban J connectivity index is 1.20. The van der Waals surface area contributed by atoms with E-state index >= 15 is 0 Å². The van der Waals surface area contributed by atoms with E-state index in [2.05, 4.69) is 30.5 Å². The van der Waals surface area contributed by atoms with Crippen LogP contribution in [0.3, 0.4) is 0 Å². The Labute approximate surface area is 221 Å². The number of aromatic amines is 1. The molecule has 2 N–H and O–H groups in total. The largest absolute Gasteiger partial charge is 0.494 e. The van der Waals surface area contributed by atoms with Crippen LogP contribution in [0.4, 0.5) is 5.82 Å². The van der Waals surface area contributed by atoms with E-state index < -0.39 is 5.91 Å². The Morgan fingerprint density at radius 1 is 1.08 bits per heavy atom. The van der Waals surface area contributed by atoms with Gasteiger partial charge in [0, 0.05) is 31.3 Å². The number of aromatic nitrogens is 5. The molecule has 1 aromatic carbocycles. The summed E-state index contributed by atoms with van der Waals surface area (Å²) in [6.45, 7) is 2.28. The van der Waals surface area contributed by atoms with Gasteiger partial charge in [-0.05, 0) is 49.3 Å². The summed E-state index contributed by atoms with van der Waals surface area (Å²) in [6.07, 6.45) is 11.7. The SMILES string of the molecule is O=C(Nc1cc(-c2cc(OCCC3CCCOC3)ccc2Cl)ncn1)c1nnc(CC2CCCCC2)[nH]1. The second-order valence-electron chi connectivity index (χ2n) is 9.93. The molecule has 1 saturated heterocycles. The molecule has 0 radical (unpaired) electrons. The molecule has 5 rings (SSSR count). The molecular weight excluding hydrogens is 492 g/mol. The zero-order valence-corrected chi connectivity index (χ0v) is 21.7. The highest BCUT2D eigenvalue weighted by Crippen LogP contribution is 2.31. The molecule has 1 atom stereocenters. The monoisotopic (exact) mass is 524 g/mol. The first-order valence-electron chi connectivity index (χ1n) is 13.2. The molecule has 1 amide bonds. The lowest BCUT2D eigenvalue weighted by atomic mass is 9.87. The minimum atomic E-state index is -0.401. The summed E-state index contributed by atoms with van der Waals surface area (Å²) in [5.41, 5.74) is 1.28. The third-order valence-corrected chi connectivity index (χ3v) is 7.46. The molecule has 2 aliphatic rings. The van der Waals surface area contributed by atoms with Crippen LogP contribution in [0, 0.1) is 11.8 Å². The van der Waals surface area contributed by atoms with Gasteiger partial charge in [-0.2, -0.15) is 0 Å². The average molecular weight is 525 g/mol. The van der Waals surface area contributed by atoms with E-state index in [9.17, 15) is 4.79 Å². The number of ether oxygens (including phenoxy) is 2. The second kappa shape index (κ2) is 12.5. The molecule has 0 bridgehead atoms. The van der Waals surface area contributed by atoms with Crippen molar-refractivity contribution >= 4 is 23.3 Å². The summed E-state index contributed by atoms with van der Waals surface area (Å²) < 4.78 is 11.5. The van der Waals surface area contributed by atoms with Gasteiger partial charge in [0.15, 0.2) is 0 Å². The maximum atomic E-state index is 12.8. The van der Waals surface area contributed by atoms with Crippen LogP contribution in [-0.2, 0) is 11.2 Å². The molecule has 9 nitrogen and oxygen atoms in total. The van der Waals surface area contributed by atoms with E-state index in [1.165, 1.54) is 44.9 Å². The van der Waals surface area contributed by atoms with Gasteiger partial charge in [-0.15, -0.1) is 10.2 Å². The predicted octanol–water partition coefficient (Wildman–Crippen LogP) is 5.49. The molecule has 10 heteroatoms. The van der Waals surface area contributed by atoms with Crippen LogP contribution in [0.25, 0.3) is 11.3 Å². The summed E-state index contributed by atoms with van der Waals surface area (Å²) >= 11 is 6.48. The first-order chi connectivity index (χ1) is 18.1. The van der Waals surface area contributed by atoms with Crippen LogP contribution < -0.4 is 10.1 Å². The molecule has 2 aromatic heterocycles. The topological polar surface area (TPSA) is 115 Å². The Morgan fingerprint density at radius 3 is 2.78 bits per heavy atom. The predicted molar refractivity (Wildman–Crippen MR) is 141 cm³/mol. The first-order valence-corrected chi connectivity index (χ1v) is 13.6. The lowest BCUT2D eigenvalue weighted by Gasteiger charge is -2.21. The van der Waals surface area contributed by atoms with Gasteiger partial charge < -0.3 is 19.8 Å². The van der Waals surface area contributed by atoms with Gasteiger partial charge in [0.05, 0.1) is 17.3 Å². The Bertz CT molecular complexity index is 1190. The van der Waals surface area contributed by atoms with E-state index in [0.717, 1.165) is 38.3 Å². The molecule has 37 heavy (non-hydrogen) atoms. The number of amides is 1. The number of halogens is 1. The summed E-state index contributed by atoms with van der Waals surface area (Å²) in [7, 11) is 0. The summed E-state index contributed by atoms with van der Waals surface area (Å²) in [5.74, 6) is 2.73. The first kappa shape index (κ1) is 25.6. The number of hydrogen-bond donors (Lipinski definition) is 2. The van der Waals surface area contributed by atoms with Crippen molar-refractivity contribution in [2.45, 2.75) is 57.8 Å². The van der Waals surface area contributed by atoms with Gasteiger partial charge >= 0.3 is 0 Å². The number of hydrogen-bond acceptors (Lipinski definition) is 7. The minimum absolute atomic E-state index is 0.169. The second-order valence-corrected chi connectivity index (χ2v) is 10.3. The van der Waals surface area contributed by atoms with E-state index in [1.54, 1.807) is 12.1 Å². The van der Waals surface area contributed by atoms with E-state index in [0.29, 0.717) is 46.3 Å². The van der Waals surface area contributed by atoms with Crippen LogP contribution in [-0.4, -0.2) is 50.9 Å². The fourth-order valence-corrected chi connectivity index (χ4v) is 5.29. The number of carbonyl (C=O) groups is 1. The fourth-order valence-electron chi connectivity index (χ4n) is 5.07. The molecule has 3 heterocycles. The number of benzene rings is 1. The van der Waals surface area contributed by atoms with Gasteiger partial charge in [0.2, 0.25) is 5.82 Å². The maximum Gasteiger partial charge on any atom is 0.294 e. The fraction of sp³-hybridized carbons (Fsp3) is 0.519. The number of nitrogens with zero attached hydrogens (tertiary/aromatic N) is 4. The van der Waals surface area contributed by atoms with Crippen molar-refractivity contribution in [3.8, 4) is 17.0 Å². The normalized spacial score (nSPS) is 18.5. The lowest BCUT2D eigenvalue weighted by molar-refractivity contribution is 0.0462. The lowest BCUT2D eigenvalue weighted by Crippen LogP contribution is -2.19. The van der Waals surface area contributed by atoms with Crippen molar-refractivity contribution in [3.05, 3.63) is 47.3 Å². The van der Waals surface area contributed by atoms with Crippen molar-refractivity contribution in [1.82, 2.24) is 25.1 Å². The van der Waals surface area contributed by atoms with Crippen molar-refractivity contribution in [2.24, 2.45) is 11.8 Å². The molecule has 2 fully saturated rings. The molecule has 1 unspecified atom stereocenters. The smallest absolute Gasteiger partial charge is 0.294 e. The Morgan fingerprint density at radius 2 is 1.95 bits per heavy atom. The van der Waals surface area contributed by atoms with Gasteiger partial charge in [0.25, 0.3) is 5.91 Å². The summed E-state index contributed by atoms with van der Waals surface area (Å²) in [5, 5.41) is 11.5. The van der Waals surface area contributed by atoms with Crippen LogP contribution >= 0.6 is 11.6 Å². The Kier molecular flexibility index (Phi) is 8.63. The summed E-state index contributed by atoms with van der Waals surface area (Å²) in [6, 6.07) is 7.18. The number of nitrogens with one attached hydrogen (secondary N) is 2. The van der Waals surface area contributed by atoms with Crippen LogP contribution in [0.1, 0.15) is 67.8 Å². The highest BCUT2D eigenvalue weighted by atomic mass is 35.5. The zero-order chi connectivity index (χ0) is 25.5. The van der Waals surface area contributed by atoms with E-state index in [1.807, 2.05) is 12.1 Å². The van der Waals surface area contributed by atoms with Crippen LogP contribution in [0.15, 0.2) is 30.6 Å². The number of H-pyrrole nitrogens is 1. The van der Waals surface area contributed by atoms with Gasteiger partial charge in [0.1, 0.15) is 23.7 Å². The molecule has 1 aliphatic heterocycles. The molecule has 196 valence electrons. The number of carbonyl (C=O) groups excluding carboxylic acids is 1. The van der Waals surface area contributed by atoms with Crippen molar-refractivity contribution in [3.63, 3.8) is 0 Å².